The average molecular weight is 707 g/mol. The number of aromatic nitrogens is 1. The molecule has 1 saturated carbocycles. The first-order valence-corrected chi connectivity index (χ1v) is 17.3. The van der Waals surface area contributed by atoms with E-state index < -0.39 is 23.2 Å². The third-order valence-corrected chi connectivity index (χ3v) is 9.81. The van der Waals surface area contributed by atoms with Crippen LogP contribution in [0.15, 0.2) is 59.1 Å². The fourth-order valence-electron chi connectivity index (χ4n) is 6.45. The lowest BCUT2D eigenvalue weighted by Crippen LogP contribution is -2.39. The third kappa shape index (κ3) is 7.89. The molecule has 0 bridgehead atoms. The van der Waals surface area contributed by atoms with Crippen LogP contribution in [-0.4, -0.2) is 67.7 Å². The molecule has 2 amide bonds. The summed E-state index contributed by atoms with van der Waals surface area (Å²) in [5, 5.41) is 19.4. The zero-order chi connectivity index (χ0) is 37.6. The van der Waals surface area contributed by atoms with Gasteiger partial charge in [0.15, 0.2) is 6.29 Å². The minimum absolute atomic E-state index is 0.0275. The van der Waals surface area contributed by atoms with Gasteiger partial charge < -0.3 is 29.8 Å². The number of aldehydes is 2. The first-order valence-electron chi connectivity index (χ1n) is 17.3. The predicted molar refractivity (Wildman–Crippen MR) is 196 cm³/mol. The number of aryl methyl sites for hydroxylation is 3. The Balaban J connectivity index is 1.38. The minimum Gasteiger partial charge on any atom is -0.383 e. The molecule has 1 fully saturated rings. The van der Waals surface area contributed by atoms with E-state index in [2.05, 4.69) is 38.9 Å². The smallest absolute Gasteiger partial charge is 0.255 e. The molecule has 2 N–H and O–H groups in total. The molecule has 1 unspecified atom stereocenters. The van der Waals surface area contributed by atoms with Crippen molar-refractivity contribution < 1.29 is 28.1 Å². The molecule has 1 heterocycles. The predicted octanol–water partition coefficient (Wildman–Crippen LogP) is 6.58. The second-order valence-electron chi connectivity index (χ2n) is 13.2. The third-order valence-electron chi connectivity index (χ3n) is 9.81. The van der Waals surface area contributed by atoms with Gasteiger partial charge in [0.1, 0.15) is 17.9 Å². The van der Waals surface area contributed by atoms with Gasteiger partial charge in [-0.25, -0.2) is 4.39 Å². The molecule has 0 spiro atoms. The number of carbonyl (C=O) groups excluding carboxylic acids is 4. The van der Waals surface area contributed by atoms with Gasteiger partial charge in [-0.05, 0) is 93.5 Å². The van der Waals surface area contributed by atoms with Crippen molar-refractivity contribution in [3.63, 3.8) is 0 Å². The summed E-state index contributed by atoms with van der Waals surface area (Å²) < 4.78 is 20.7. The molecule has 12 heteroatoms. The maximum Gasteiger partial charge on any atom is 0.255 e. The Morgan fingerprint density at radius 3 is 2.42 bits per heavy atom. The number of hydrogen-bond donors (Lipinski definition) is 2. The zero-order valence-corrected chi connectivity index (χ0v) is 30.1. The van der Waals surface area contributed by atoms with E-state index in [1.165, 1.54) is 20.2 Å². The second kappa shape index (κ2) is 16.0. The molecule has 1 atom stereocenters. The van der Waals surface area contributed by atoms with Crippen molar-refractivity contribution in [2.24, 2.45) is 0 Å². The monoisotopic (exact) mass is 706 g/mol. The number of hydrogen-bond acceptors (Lipinski definition) is 9. The highest BCUT2D eigenvalue weighted by atomic mass is 19.1. The van der Waals surface area contributed by atoms with Crippen molar-refractivity contribution in [1.82, 2.24) is 15.4 Å². The lowest BCUT2D eigenvalue weighted by molar-refractivity contribution is -0.121. The van der Waals surface area contributed by atoms with Gasteiger partial charge in [-0.2, -0.15) is 5.26 Å². The Morgan fingerprint density at radius 1 is 1.10 bits per heavy atom. The van der Waals surface area contributed by atoms with Gasteiger partial charge in [-0.15, -0.1) is 0 Å². The Kier molecular flexibility index (Phi) is 11.5. The van der Waals surface area contributed by atoms with Crippen LogP contribution in [0.3, 0.4) is 0 Å². The number of rotatable bonds is 16. The summed E-state index contributed by atoms with van der Waals surface area (Å²) in [6.45, 7) is 6.66. The Morgan fingerprint density at radius 2 is 1.83 bits per heavy atom. The van der Waals surface area contributed by atoms with Crippen LogP contribution in [0.2, 0.25) is 0 Å². The molecule has 4 aromatic rings. The number of nitriles is 1. The standard InChI is InChI=1S/C40H43FN6O5/c1-25-7-8-28(38-26(2)45-52-27(38)3)20-36(25)47(31-11-9-30(10-12-31)40(24-42)15-16-40)18-6-17-44-35-21-33(29(22-48)19-34(35)41)39(51)46(5)32(23-49)13-14-37(50)43-4/h7-12,19-23,32,44H,6,13-18H2,1-5H3,(H,43,50). The molecule has 0 saturated heterocycles. The number of anilines is 3. The SMILES string of the molecule is CNC(=O)CCC(C=O)N(C)C(=O)c1cc(NCCCN(c2ccc(C3(C#N)CC3)cc2)c2cc(-c3c(C)noc3C)ccc2C)c(F)cc1C=O. The van der Waals surface area contributed by atoms with Crippen molar-refractivity contribution in [3.05, 3.63) is 94.1 Å². The fourth-order valence-corrected chi connectivity index (χ4v) is 6.45. The molecule has 1 aromatic heterocycles. The normalized spacial score (nSPS) is 13.4. The van der Waals surface area contributed by atoms with Crippen LogP contribution in [0.4, 0.5) is 21.5 Å². The number of benzene rings is 3. The quantitative estimate of drug-likeness (QED) is 0.0974. The van der Waals surface area contributed by atoms with Crippen molar-refractivity contribution in [3.8, 4) is 17.2 Å². The summed E-state index contributed by atoms with van der Waals surface area (Å²) in [7, 11) is 2.89. The molecule has 11 nitrogen and oxygen atoms in total. The van der Waals surface area contributed by atoms with Crippen LogP contribution in [0.5, 0.6) is 0 Å². The maximum atomic E-state index is 15.2. The minimum atomic E-state index is -0.917. The van der Waals surface area contributed by atoms with Crippen LogP contribution < -0.4 is 15.5 Å². The Bertz CT molecular complexity index is 1990. The highest BCUT2D eigenvalue weighted by Gasteiger charge is 2.44. The summed E-state index contributed by atoms with van der Waals surface area (Å²) in [4.78, 5) is 52.2. The summed E-state index contributed by atoms with van der Waals surface area (Å²) in [6, 6.07) is 18.1. The summed E-state index contributed by atoms with van der Waals surface area (Å²) >= 11 is 0. The Hall–Kier alpha value is -5.83. The molecule has 1 aliphatic carbocycles. The van der Waals surface area contributed by atoms with E-state index in [1.807, 2.05) is 51.1 Å². The summed E-state index contributed by atoms with van der Waals surface area (Å²) in [5.41, 5.74) is 6.01. The first-order chi connectivity index (χ1) is 25.0. The van der Waals surface area contributed by atoms with Crippen molar-refractivity contribution in [2.45, 2.75) is 64.3 Å². The largest absolute Gasteiger partial charge is 0.383 e. The van der Waals surface area contributed by atoms with Crippen molar-refractivity contribution >= 4 is 41.4 Å². The number of nitrogens with one attached hydrogen (secondary N) is 2. The second-order valence-corrected chi connectivity index (χ2v) is 13.2. The highest BCUT2D eigenvalue weighted by Crippen LogP contribution is 2.48. The molecular weight excluding hydrogens is 663 g/mol. The topological polar surface area (TPSA) is 149 Å². The van der Waals surface area contributed by atoms with E-state index in [4.69, 9.17) is 4.52 Å². The number of nitrogens with zero attached hydrogens (tertiary/aromatic N) is 4. The van der Waals surface area contributed by atoms with Gasteiger partial charge in [0.25, 0.3) is 5.91 Å². The van der Waals surface area contributed by atoms with E-state index in [-0.39, 0.29) is 35.6 Å². The van der Waals surface area contributed by atoms with Crippen molar-refractivity contribution in [2.75, 3.05) is 37.4 Å². The molecule has 3 aromatic carbocycles. The molecule has 52 heavy (non-hydrogen) atoms. The van der Waals surface area contributed by atoms with E-state index in [9.17, 15) is 24.4 Å². The molecule has 0 radical (unpaired) electrons. The van der Waals surface area contributed by atoms with Gasteiger partial charge in [0.05, 0.1) is 34.5 Å². The zero-order valence-electron chi connectivity index (χ0n) is 30.1. The number of halogens is 1. The van der Waals surface area contributed by atoms with Crippen molar-refractivity contribution in [1.29, 1.82) is 5.26 Å². The van der Waals surface area contributed by atoms with Crippen LogP contribution in [-0.2, 0) is 15.0 Å². The first kappa shape index (κ1) is 37.4. The van der Waals surface area contributed by atoms with Crippen LogP contribution in [0.25, 0.3) is 11.1 Å². The van der Waals surface area contributed by atoms with Crippen LogP contribution in [0.1, 0.15) is 75.4 Å². The van der Waals surface area contributed by atoms with Crippen LogP contribution in [0, 0.1) is 37.9 Å². The average Bonchev–Trinajstić information content (AvgIpc) is 3.89. The lowest BCUT2D eigenvalue weighted by Gasteiger charge is -2.28. The highest BCUT2D eigenvalue weighted by molar-refractivity contribution is 6.03. The summed E-state index contributed by atoms with van der Waals surface area (Å²) in [5.74, 6) is -0.906. The number of likely N-dealkylation sites (N-methyl/N-ethyl adjacent to an activating group) is 1. The van der Waals surface area contributed by atoms with Gasteiger partial charge in [0, 0.05) is 56.1 Å². The van der Waals surface area contributed by atoms with E-state index in [1.54, 1.807) is 0 Å². The molecule has 270 valence electrons. The van der Waals surface area contributed by atoms with E-state index in [0.29, 0.717) is 32.1 Å². The van der Waals surface area contributed by atoms with Gasteiger partial charge in [-0.3, -0.25) is 14.4 Å². The van der Waals surface area contributed by atoms with E-state index in [0.717, 1.165) is 68.9 Å². The van der Waals surface area contributed by atoms with Gasteiger partial charge in [-0.1, -0.05) is 29.4 Å². The number of carbonyl (C=O) groups is 4. The van der Waals surface area contributed by atoms with Gasteiger partial charge >= 0.3 is 0 Å². The molecule has 5 rings (SSSR count). The lowest BCUT2D eigenvalue weighted by atomic mass is 9.97. The fraction of sp³-hybridized carbons (Fsp3) is 0.350. The maximum absolute atomic E-state index is 15.2. The number of amides is 2. The van der Waals surface area contributed by atoms with Crippen LogP contribution >= 0.6 is 0 Å². The molecule has 1 aliphatic rings. The van der Waals surface area contributed by atoms with E-state index >= 15 is 4.39 Å². The molecular formula is C40H43FN6O5. The molecule has 0 aliphatic heterocycles. The summed E-state index contributed by atoms with van der Waals surface area (Å²) in [6.07, 6.45) is 3.33. The Labute approximate surface area is 302 Å². The van der Waals surface area contributed by atoms with Gasteiger partial charge in [0.2, 0.25) is 5.91 Å².